The van der Waals surface area contributed by atoms with Crippen LogP contribution in [0.15, 0.2) is 29.8 Å². The van der Waals surface area contributed by atoms with Gasteiger partial charge in [0.25, 0.3) is 0 Å². The quantitative estimate of drug-likeness (QED) is 0.386. The van der Waals surface area contributed by atoms with Crippen molar-refractivity contribution in [1.29, 1.82) is 0 Å². The van der Waals surface area contributed by atoms with E-state index in [-0.39, 0.29) is 5.82 Å². The van der Waals surface area contributed by atoms with Crippen LogP contribution < -0.4 is 0 Å². The Bertz CT molecular complexity index is 990. The van der Waals surface area contributed by atoms with Crippen molar-refractivity contribution in [2.45, 2.75) is 65.1 Å². The van der Waals surface area contributed by atoms with E-state index >= 15 is 0 Å². The van der Waals surface area contributed by atoms with E-state index in [0.717, 1.165) is 46.8 Å². The number of hydrogen-bond acceptors (Lipinski definition) is 4. The van der Waals surface area contributed by atoms with Crippen molar-refractivity contribution in [2.24, 2.45) is 5.92 Å². The molecule has 0 atom stereocenters. The third-order valence-electron chi connectivity index (χ3n) is 6.49. The summed E-state index contributed by atoms with van der Waals surface area (Å²) >= 11 is 1.66. The van der Waals surface area contributed by atoms with Gasteiger partial charge in [0.15, 0.2) is 0 Å². The summed E-state index contributed by atoms with van der Waals surface area (Å²) in [4.78, 5) is 7.32. The summed E-state index contributed by atoms with van der Waals surface area (Å²) in [5.41, 5.74) is 2.84. The fourth-order valence-corrected chi connectivity index (χ4v) is 5.55. The van der Waals surface area contributed by atoms with Crippen molar-refractivity contribution in [3.63, 3.8) is 0 Å². The second-order valence-electron chi connectivity index (χ2n) is 9.04. The van der Waals surface area contributed by atoms with Crippen LogP contribution in [-0.2, 0) is 17.8 Å². The third-order valence-corrected chi connectivity index (χ3v) is 7.41. The van der Waals surface area contributed by atoms with Crippen LogP contribution in [-0.4, -0.2) is 40.8 Å². The topological polar surface area (TPSA) is 30.3 Å². The van der Waals surface area contributed by atoms with Crippen molar-refractivity contribution in [1.82, 2.24) is 14.5 Å². The number of fused-ring (bicyclic) bond motifs is 1. The number of thiazole rings is 1. The minimum absolute atomic E-state index is 0.137. The van der Waals surface area contributed by atoms with Gasteiger partial charge in [-0.3, -0.25) is 4.90 Å². The maximum Gasteiger partial charge on any atom is 0.147 e. The molecule has 6 heteroatoms. The summed E-state index contributed by atoms with van der Waals surface area (Å²) in [6.45, 7) is 7.69. The molecule has 0 aliphatic heterocycles. The van der Waals surface area contributed by atoms with E-state index in [0.29, 0.717) is 18.6 Å². The molecule has 3 aromatic rings. The number of halogens is 1. The van der Waals surface area contributed by atoms with Crippen LogP contribution in [0.5, 0.6) is 0 Å². The van der Waals surface area contributed by atoms with E-state index in [2.05, 4.69) is 34.9 Å². The van der Waals surface area contributed by atoms with E-state index in [1.165, 1.54) is 32.1 Å². The van der Waals surface area contributed by atoms with Crippen LogP contribution in [0.2, 0.25) is 0 Å². The Morgan fingerprint density at radius 3 is 2.81 bits per heavy atom. The average Bonchev–Trinajstić information content (AvgIpc) is 3.37. The van der Waals surface area contributed by atoms with Gasteiger partial charge in [-0.05, 0) is 38.7 Å². The van der Waals surface area contributed by atoms with E-state index in [1.54, 1.807) is 24.5 Å². The van der Waals surface area contributed by atoms with Crippen LogP contribution in [0, 0.1) is 11.7 Å². The van der Waals surface area contributed by atoms with Gasteiger partial charge in [-0.2, -0.15) is 0 Å². The first kappa shape index (κ1) is 22.4. The van der Waals surface area contributed by atoms with Gasteiger partial charge in [-0.25, -0.2) is 9.37 Å². The minimum atomic E-state index is -0.137. The van der Waals surface area contributed by atoms with Gasteiger partial charge < -0.3 is 9.30 Å². The molecule has 2 heterocycles. The largest absolute Gasteiger partial charge is 0.383 e. The van der Waals surface area contributed by atoms with E-state index < -0.39 is 0 Å². The molecule has 4 rings (SSSR count). The summed E-state index contributed by atoms with van der Waals surface area (Å²) in [6.07, 6.45) is 8.56. The number of aromatic nitrogens is 2. The smallest absolute Gasteiger partial charge is 0.147 e. The second-order valence-corrected chi connectivity index (χ2v) is 9.89. The van der Waals surface area contributed by atoms with E-state index in [1.807, 2.05) is 12.1 Å². The predicted molar refractivity (Wildman–Crippen MR) is 127 cm³/mol. The molecule has 4 nitrogen and oxygen atoms in total. The fourth-order valence-electron chi connectivity index (χ4n) is 4.72. The number of methoxy groups -OCH3 is 1. The molecule has 0 spiro atoms. The molecule has 0 saturated heterocycles. The Kier molecular flexibility index (Phi) is 7.41. The molecule has 1 saturated carbocycles. The first-order valence-corrected chi connectivity index (χ1v) is 12.4. The van der Waals surface area contributed by atoms with Crippen LogP contribution in [0.3, 0.4) is 0 Å². The number of nitrogens with zero attached hydrogens (tertiary/aromatic N) is 3. The SMILES string of the molecule is COCCN(Cc1csc(-c2cn(CC3CCCCC3)c3c(F)cccc23)n1)C(C)C. The fraction of sp³-hybridized carbons (Fsp3) is 0.560. The zero-order valence-electron chi connectivity index (χ0n) is 18.9. The molecule has 0 unspecified atom stereocenters. The summed E-state index contributed by atoms with van der Waals surface area (Å²) in [6, 6.07) is 5.84. The molecule has 0 bridgehead atoms. The van der Waals surface area contributed by atoms with Crippen molar-refractivity contribution in [3.05, 3.63) is 41.3 Å². The van der Waals surface area contributed by atoms with Gasteiger partial charge in [0, 0.05) is 55.3 Å². The Hall–Kier alpha value is -1.76. The second kappa shape index (κ2) is 10.2. The molecule has 1 fully saturated rings. The van der Waals surface area contributed by atoms with E-state index in [4.69, 9.17) is 9.72 Å². The van der Waals surface area contributed by atoms with Gasteiger partial charge in [-0.15, -0.1) is 11.3 Å². The molecular weight excluding hydrogens is 409 g/mol. The van der Waals surface area contributed by atoms with Gasteiger partial charge in [0.1, 0.15) is 10.8 Å². The number of benzene rings is 1. The number of para-hydroxylation sites is 1. The van der Waals surface area contributed by atoms with Crippen LogP contribution >= 0.6 is 11.3 Å². The molecule has 168 valence electrons. The molecule has 1 aliphatic carbocycles. The number of rotatable bonds is 9. The van der Waals surface area contributed by atoms with Gasteiger partial charge in [0.2, 0.25) is 0 Å². The molecule has 0 radical (unpaired) electrons. The molecule has 1 aliphatic rings. The average molecular weight is 444 g/mol. The minimum Gasteiger partial charge on any atom is -0.383 e. The monoisotopic (exact) mass is 443 g/mol. The maximum absolute atomic E-state index is 14.9. The lowest BCUT2D eigenvalue weighted by molar-refractivity contribution is 0.124. The lowest BCUT2D eigenvalue weighted by Gasteiger charge is -2.25. The highest BCUT2D eigenvalue weighted by molar-refractivity contribution is 7.13. The lowest BCUT2D eigenvalue weighted by Crippen LogP contribution is -2.33. The number of ether oxygens (including phenoxy) is 1. The highest BCUT2D eigenvalue weighted by Gasteiger charge is 2.20. The number of hydrogen-bond donors (Lipinski definition) is 0. The Morgan fingerprint density at radius 2 is 2.06 bits per heavy atom. The van der Waals surface area contributed by atoms with Crippen molar-refractivity contribution < 1.29 is 9.13 Å². The Morgan fingerprint density at radius 1 is 1.26 bits per heavy atom. The molecular formula is C25H34FN3OS. The highest BCUT2D eigenvalue weighted by atomic mass is 32.1. The Balaban J connectivity index is 1.61. The van der Waals surface area contributed by atoms with E-state index in [9.17, 15) is 4.39 Å². The maximum atomic E-state index is 14.9. The van der Waals surface area contributed by atoms with Crippen molar-refractivity contribution in [2.75, 3.05) is 20.3 Å². The summed E-state index contributed by atoms with van der Waals surface area (Å²) < 4.78 is 22.3. The summed E-state index contributed by atoms with van der Waals surface area (Å²) in [5.74, 6) is 0.505. The molecule has 31 heavy (non-hydrogen) atoms. The highest BCUT2D eigenvalue weighted by Crippen LogP contribution is 2.36. The Labute approximate surface area is 189 Å². The van der Waals surface area contributed by atoms with Gasteiger partial charge >= 0.3 is 0 Å². The first-order chi connectivity index (χ1) is 15.1. The van der Waals surface area contributed by atoms with Crippen LogP contribution in [0.1, 0.15) is 51.6 Å². The van der Waals surface area contributed by atoms with Crippen LogP contribution in [0.25, 0.3) is 21.5 Å². The van der Waals surface area contributed by atoms with Crippen LogP contribution in [0.4, 0.5) is 4.39 Å². The van der Waals surface area contributed by atoms with Crippen molar-refractivity contribution in [3.8, 4) is 10.6 Å². The zero-order chi connectivity index (χ0) is 21.8. The predicted octanol–water partition coefficient (Wildman–Crippen LogP) is 6.34. The van der Waals surface area contributed by atoms with Crippen molar-refractivity contribution >= 4 is 22.2 Å². The zero-order valence-corrected chi connectivity index (χ0v) is 19.8. The van der Waals surface area contributed by atoms with Gasteiger partial charge in [0.05, 0.1) is 17.8 Å². The lowest BCUT2D eigenvalue weighted by atomic mass is 9.89. The first-order valence-electron chi connectivity index (χ1n) is 11.5. The molecule has 1 aromatic carbocycles. The molecule has 0 N–H and O–H groups in total. The summed E-state index contributed by atoms with van der Waals surface area (Å²) in [7, 11) is 1.74. The van der Waals surface area contributed by atoms with Gasteiger partial charge in [-0.1, -0.05) is 31.4 Å². The standard InChI is InChI=1S/C25H34FN3OS/c1-18(2)28(12-13-30-3)15-20-17-31-25(27-20)22-16-29(14-19-8-5-4-6-9-19)24-21(22)10-7-11-23(24)26/h7,10-11,16-19H,4-6,8-9,12-15H2,1-3H3. The third kappa shape index (κ3) is 5.18. The summed E-state index contributed by atoms with van der Waals surface area (Å²) in [5, 5.41) is 4.08. The normalized spacial score (nSPS) is 15.5. The molecule has 2 aromatic heterocycles. The molecule has 0 amide bonds.